The number of hydrogen-bond acceptors (Lipinski definition) is 4. The predicted molar refractivity (Wildman–Crippen MR) is 62.7 cm³/mol. The number of nitrogens with two attached hydrogens (primary N) is 2. The Morgan fingerprint density at radius 2 is 1.94 bits per heavy atom. The molecule has 1 aliphatic rings. The van der Waals surface area contributed by atoms with E-state index in [0.717, 1.165) is 0 Å². The molecule has 0 spiro atoms. The minimum absolute atomic E-state index is 0.121. The number of carbonyl (C=O) groups is 2. The molecule has 1 heterocycles. The van der Waals surface area contributed by atoms with Crippen LogP contribution in [0.25, 0.3) is 0 Å². The molecule has 2 amide bonds. The van der Waals surface area contributed by atoms with Crippen molar-refractivity contribution in [1.82, 2.24) is 4.90 Å². The molecule has 0 aromatic rings. The Kier molecular flexibility index (Phi) is 3.78. The van der Waals surface area contributed by atoms with Crippen LogP contribution < -0.4 is 11.5 Å². The van der Waals surface area contributed by atoms with E-state index >= 15 is 0 Å². The summed E-state index contributed by atoms with van der Waals surface area (Å²) in [6.07, 6.45) is -0.513. The lowest BCUT2D eigenvalue weighted by Gasteiger charge is -2.31. The van der Waals surface area contributed by atoms with E-state index in [1.165, 1.54) is 4.90 Å². The van der Waals surface area contributed by atoms with Crippen LogP contribution in [0, 0.1) is 5.41 Å². The fourth-order valence-electron chi connectivity index (χ4n) is 1.88. The molecule has 1 aliphatic heterocycles. The highest BCUT2D eigenvalue weighted by atomic mass is 16.3. The van der Waals surface area contributed by atoms with Gasteiger partial charge in [-0.05, 0) is 5.41 Å². The van der Waals surface area contributed by atoms with E-state index in [1.54, 1.807) is 0 Å². The molecule has 17 heavy (non-hydrogen) atoms. The van der Waals surface area contributed by atoms with Crippen molar-refractivity contribution in [1.29, 1.82) is 0 Å². The molecule has 2 unspecified atom stereocenters. The summed E-state index contributed by atoms with van der Waals surface area (Å²) in [5.74, 6) is -0.936. The Balaban J connectivity index is 2.84. The summed E-state index contributed by atoms with van der Waals surface area (Å²) in [4.78, 5) is 24.6. The maximum absolute atomic E-state index is 12.1. The third-order valence-electron chi connectivity index (χ3n) is 3.09. The third kappa shape index (κ3) is 2.95. The molecule has 1 fully saturated rings. The van der Waals surface area contributed by atoms with Crippen LogP contribution in [0.15, 0.2) is 0 Å². The molecule has 5 N–H and O–H groups in total. The van der Waals surface area contributed by atoms with Crippen molar-refractivity contribution in [2.45, 2.75) is 45.4 Å². The van der Waals surface area contributed by atoms with Crippen molar-refractivity contribution >= 4 is 11.8 Å². The first-order chi connectivity index (χ1) is 7.64. The Morgan fingerprint density at radius 3 is 2.35 bits per heavy atom. The predicted octanol–water partition coefficient (Wildman–Crippen LogP) is -1.19. The number of amides is 2. The summed E-state index contributed by atoms with van der Waals surface area (Å²) in [7, 11) is 0. The summed E-state index contributed by atoms with van der Waals surface area (Å²) >= 11 is 0. The monoisotopic (exact) mass is 243 g/mol. The highest BCUT2D eigenvalue weighted by molar-refractivity contribution is 5.90. The van der Waals surface area contributed by atoms with Gasteiger partial charge in [-0.2, -0.15) is 0 Å². The van der Waals surface area contributed by atoms with Crippen LogP contribution in [-0.4, -0.2) is 46.6 Å². The van der Waals surface area contributed by atoms with E-state index in [4.69, 9.17) is 11.5 Å². The van der Waals surface area contributed by atoms with Crippen LogP contribution in [0.3, 0.4) is 0 Å². The number of carbonyl (C=O) groups excluding carboxylic acids is 2. The lowest BCUT2D eigenvalue weighted by Crippen LogP contribution is -2.54. The van der Waals surface area contributed by atoms with Gasteiger partial charge in [-0.15, -0.1) is 0 Å². The van der Waals surface area contributed by atoms with E-state index in [9.17, 15) is 14.7 Å². The van der Waals surface area contributed by atoms with Crippen molar-refractivity contribution in [3.05, 3.63) is 0 Å². The summed E-state index contributed by atoms with van der Waals surface area (Å²) in [5, 5.41) is 9.51. The van der Waals surface area contributed by atoms with E-state index in [0.29, 0.717) is 0 Å². The average molecular weight is 243 g/mol. The smallest absolute Gasteiger partial charge is 0.240 e. The molecule has 3 atom stereocenters. The zero-order valence-corrected chi connectivity index (χ0v) is 10.5. The lowest BCUT2D eigenvalue weighted by molar-refractivity contribution is -0.140. The molecule has 0 aliphatic carbocycles. The minimum atomic E-state index is -0.745. The zero-order chi connectivity index (χ0) is 13.4. The number of primary amides is 1. The van der Waals surface area contributed by atoms with Crippen LogP contribution in [0.2, 0.25) is 0 Å². The maximum Gasteiger partial charge on any atom is 0.240 e. The first-order valence-corrected chi connectivity index (χ1v) is 5.68. The molecule has 6 heteroatoms. The van der Waals surface area contributed by atoms with Crippen molar-refractivity contribution in [2.75, 3.05) is 6.54 Å². The first kappa shape index (κ1) is 13.9. The van der Waals surface area contributed by atoms with E-state index < -0.39 is 29.5 Å². The molecule has 6 nitrogen and oxygen atoms in total. The molecular weight excluding hydrogens is 222 g/mol. The topological polar surface area (TPSA) is 110 Å². The van der Waals surface area contributed by atoms with Crippen molar-refractivity contribution in [2.24, 2.45) is 16.9 Å². The second kappa shape index (κ2) is 4.62. The fraction of sp³-hybridized carbons (Fsp3) is 0.818. The largest absolute Gasteiger partial charge is 0.391 e. The second-order valence-corrected chi connectivity index (χ2v) is 5.64. The summed E-state index contributed by atoms with van der Waals surface area (Å²) in [6, 6.07) is -1.46. The number of aliphatic hydroxyl groups is 1. The highest BCUT2D eigenvalue weighted by Crippen LogP contribution is 2.24. The van der Waals surface area contributed by atoms with Crippen LogP contribution >= 0.6 is 0 Å². The van der Waals surface area contributed by atoms with Crippen molar-refractivity contribution < 1.29 is 14.7 Å². The number of β-amino-alcohol motifs (C(OH)–C–C–N with tert-alkyl or cyclic N) is 1. The molecule has 0 saturated carbocycles. The molecule has 1 rings (SSSR count). The molecular formula is C11H21N3O3. The standard InChI is InChI=1S/C11H21N3O3/c1-11(2,3)8(12)10(17)14-5-6(15)4-7(14)9(13)16/h6-8,15H,4-5,12H2,1-3H3,(H2,13,16)/t6?,7?,8-/m0/s1. The van der Waals surface area contributed by atoms with Gasteiger partial charge in [-0.25, -0.2) is 0 Å². The number of aliphatic hydroxyl groups excluding tert-OH is 1. The third-order valence-corrected chi connectivity index (χ3v) is 3.09. The molecule has 0 radical (unpaired) electrons. The van der Waals surface area contributed by atoms with Gasteiger partial charge >= 0.3 is 0 Å². The molecule has 0 bridgehead atoms. The van der Waals surface area contributed by atoms with Gasteiger partial charge in [0.2, 0.25) is 11.8 Å². The SMILES string of the molecule is CC(C)(C)[C@@H](N)C(=O)N1CC(O)CC1C(N)=O. The quantitative estimate of drug-likeness (QED) is 0.566. The first-order valence-electron chi connectivity index (χ1n) is 5.68. The van der Waals surface area contributed by atoms with Crippen molar-refractivity contribution in [3.63, 3.8) is 0 Å². The molecule has 98 valence electrons. The van der Waals surface area contributed by atoms with Gasteiger partial charge in [0.25, 0.3) is 0 Å². The zero-order valence-electron chi connectivity index (χ0n) is 10.5. The van der Waals surface area contributed by atoms with Crippen LogP contribution in [-0.2, 0) is 9.59 Å². The Hall–Kier alpha value is -1.14. The highest BCUT2D eigenvalue weighted by Gasteiger charge is 2.41. The van der Waals surface area contributed by atoms with Crippen LogP contribution in [0.4, 0.5) is 0 Å². The second-order valence-electron chi connectivity index (χ2n) is 5.64. The van der Waals surface area contributed by atoms with Crippen LogP contribution in [0.1, 0.15) is 27.2 Å². The Labute approximate surface area is 101 Å². The normalized spacial score (nSPS) is 27.0. The van der Waals surface area contributed by atoms with E-state index in [2.05, 4.69) is 0 Å². The Morgan fingerprint density at radius 1 is 1.41 bits per heavy atom. The van der Waals surface area contributed by atoms with Gasteiger partial charge in [0, 0.05) is 13.0 Å². The summed E-state index contributed by atoms with van der Waals surface area (Å²) in [5.41, 5.74) is 10.7. The minimum Gasteiger partial charge on any atom is -0.391 e. The molecule has 1 saturated heterocycles. The number of likely N-dealkylation sites (tertiary alicyclic amines) is 1. The van der Waals surface area contributed by atoms with Crippen molar-refractivity contribution in [3.8, 4) is 0 Å². The summed E-state index contributed by atoms with van der Waals surface area (Å²) < 4.78 is 0. The van der Waals surface area contributed by atoms with Gasteiger partial charge < -0.3 is 21.5 Å². The lowest BCUT2D eigenvalue weighted by atomic mass is 9.86. The fourth-order valence-corrected chi connectivity index (χ4v) is 1.88. The molecule has 0 aromatic heterocycles. The van der Waals surface area contributed by atoms with E-state index in [-0.39, 0.29) is 18.9 Å². The van der Waals surface area contributed by atoms with Gasteiger partial charge in [-0.1, -0.05) is 20.8 Å². The van der Waals surface area contributed by atoms with Gasteiger partial charge in [-0.3, -0.25) is 9.59 Å². The average Bonchev–Trinajstić information content (AvgIpc) is 2.56. The van der Waals surface area contributed by atoms with Gasteiger partial charge in [0.1, 0.15) is 6.04 Å². The summed E-state index contributed by atoms with van der Waals surface area (Å²) in [6.45, 7) is 5.67. The van der Waals surface area contributed by atoms with Gasteiger partial charge in [0.05, 0.1) is 12.1 Å². The van der Waals surface area contributed by atoms with Gasteiger partial charge in [0.15, 0.2) is 0 Å². The number of rotatable bonds is 2. The number of nitrogens with zero attached hydrogens (tertiary/aromatic N) is 1. The van der Waals surface area contributed by atoms with Crippen LogP contribution in [0.5, 0.6) is 0 Å². The number of hydrogen-bond donors (Lipinski definition) is 3. The maximum atomic E-state index is 12.1. The van der Waals surface area contributed by atoms with E-state index in [1.807, 2.05) is 20.8 Å². The molecule has 0 aromatic carbocycles. The Bertz CT molecular complexity index is 324.